The molecule has 0 spiro atoms. The van der Waals surface area contributed by atoms with E-state index in [-0.39, 0.29) is 12.5 Å². The Hall–Kier alpha value is -1.55. The zero-order valence-electron chi connectivity index (χ0n) is 13.4. The highest BCUT2D eigenvalue weighted by Gasteiger charge is 2.14. The van der Waals surface area contributed by atoms with Crippen molar-refractivity contribution in [2.24, 2.45) is 11.0 Å². The standard InChI is InChI=1S/C17H23ClN2O2/c1-11-5-4-6-14(7-11)19-20-16(21)10-22-15-8-12(2)17(18)13(3)9-15/h8-9,11H,4-7,10H2,1-3H3,(H,20,21)/b19-14+. The highest BCUT2D eigenvalue weighted by Crippen LogP contribution is 2.25. The molecule has 2 rings (SSSR count). The van der Waals surface area contributed by atoms with Gasteiger partial charge >= 0.3 is 0 Å². The fourth-order valence-corrected chi connectivity index (χ4v) is 2.78. The van der Waals surface area contributed by atoms with E-state index in [9.17, 15) is 4.79 Å². The average Bonchev–Trinajstić information content (AvgIpc) is 2.48. The lowest BCUT2D eigenvalue weighted by atomic mass is 9.89. The van der Waals surface area contributed by atoms with Crippen LogP contribution in [-0.2, 0) is 4.79 Å². The molecule has 0 bridgehead atoms. The van der Waals surface area contributed by atoms with Crippen LogP contribution < -0.4 is 10.2 Å². The average molecular weight is 323 g/mol. The molecule has 0 aromatic heterocycles. The number of hydrazone groups is 1. The quantitative estimate of drug-likeness (QED) is 0.851. The van der Waals surface area contributed by atoms with Crippen molar-refractivity contribution in [3.63, 3.8) is 0 Å². The van der Waals surface area contributed by atoms with Crippen LogP contribution in [0.4, 0.5) is 0 Å². The van der Waals surface area contributed by atoms with Crippen LogP contribution >= 0.6 is 11.6 Å². The molecule has 22 heavy (non-hydrogen) atoms. The van der Waals surface area contributed by atoms with Crippen molar-refractivity contribution in [1.82, 2.24) is 5.43 Å². The third kappa shape index (κ3) is 4.73. The van der Waals surface area contributed by atoms with Crippen LogP contribution in [0.15, 0.2) is 17.2 Å². The van der Waals surface area contributed by atoms with Gasteiger partial charge in [0.05, 0.1) is 0 Å². The summed E-state index contributed by atoms with van der Waals surface area (Å²) in [5.41, 5.74) is 5.53. The van der Waals surface area contributed by atoms with E-state index in [4.69, 9.17) is 16.3 Å². The van der Waals surface area contributed by atoms with E-state index in [1.807, 2.05) is 26.0 Å². The fourth-order valence-electron chi connectivity index (χ4n) is 2.67. The molecule has 1 N–H and O–H groups in total. The van der Waals surface area contributed by atoms with E-state index in [2.05, 4.69) is 17.5 Å². The van der Waals surface area contributed by atoms with Gasteiger partial charge in [0.2, 0.25) is 0 Å². The molecule has 1 saturated carbocycles. The molecule has 1 fully saturated rings. The zero-order valence-corrected chi connectivity index (χ0v) is 14.2. The smallest absolute Gasteiger partial charge is 0.277 e. The van der Waals surface area contributed by atoms with Gasteiger partial charge in [-0.05, 0) is 68.7 Å². The maximum atomic E-state index is 11.8. The van der Waals surface area contributed by atoms with Crippen molar-refractivity contribution < 1.29 is 9.53 Å². The van der Waals surface area contributed by atoms with E-state index in [0.717, 1.165) is 41.1 Å². The lowest BCUT2D eigenvalue weighted by molar-refractivity contribution is -0.123. The topological polar surface area (TPSA) is 50.7 Å². The van der Waals surface area contributed by atoms with Crippen molar-refractivity contribution in [2.45, 2.75) is 46.5 Å². The molecule has 120 valence electrons. The Morgan fingerprint density at radius 1 is 1.41 bits per heavy atom. The Kier molecular flexibility index (Phi) is 5.83. The summed E-state index contributed by atoms with van der Waals surface area (Å²) in [4.78, 5) is 11.8. The van der Waals surface area contributed by atoms with Gasteiger partial charge in [-0.15, -0.1) is 0 Å². The number of halogens is 1. The number of aryl methyl sites for hydroxylation is 2. The molecule has 1 aliphatic carbocycles. The Morgan fingerprint density at radius 2 is 2.09 bits per heavy atom. The number of hydrogen-bond donors (Lipinski definition) is 1. The monoisotopic (exact) mass is 322 g/mol. The molecule has 1 atom stereocenters. The van der Waals surface area contributed by atoms with E-state index < -0.39 is 0 Å². The number of hydrogen-bond acceptors (Lipinski definition) is 3. The highest BCUT2D eigenvalue weighted by molar-refractivity contribution is 6.32. The molecule has 0 aliphatic heterocycles. The summed E-state index contributed by atoms with van der Waals surface area (Å²) >= 11 is 6.11. The molecule has 4 nitrogen and oxygen atoms in total. The second-order valence-corrected chi connectivity index (χ2v) is 6.45. The largest absolute Gasteiger partial charge is 0.484 e. The van der Waals surface area contributed by atoms with Gasteiger partial charge in [0, 0.05) is 10.7 Å². The molecular weight excluding hydrogens is 300 g/mol. The second-order valence-electron chi connectivity index (χ2n) is 6.07. The molecule has 0 saturated heterocycles. The van der Waals surface area contributed by atoms with Crippen molar-refractivity contribution in [2.75, 3.05) is 6.61 Å². The molecule has 0 radical (unpaired) electrons. The number of amides is 1. The predicted molar refractivity (Wildman–Crippen MR) is 89.6 cm³/mol. The van der Waals surface area contributed by atoms with Crippen molar-refractivity contribution in [1.29, 1.82) is 0 Å². The Bertz CT molecular complexity index is 561. The van der Waals surface area contributed by atoms with Crippen molar-refractivity contribution >= 4 is 23.2 Å². The third-order valence-electron chi connectivity index (χ3n) is 3.86. The van der Waals surface area contributed by atoms with E-state index in [1.54, 1.807) is 0 Å². The number of benzene rings is 1. The normalized spacial score (nSPS) is 20.0. The van der Waals surface area contributed by atoms with Crippen LogP contribution in [0, 0.1) is 19.8 Å². The number of carbonyl (C=O) groups is 1. The molecule has 1 amide bonds. The minimum absolute atomic E-state index is 0.0488. The summed E-state index contributed by atoms with van der Waals surface area (Å²) in [5, 5.41) is 4.94. The minimum atomic E-state index is -0.240. The van der Waals surface area contributed by atoms with Crippen LogP contribution in [0.5, 0.6) is 5.75 Å². The first-order valence-electron chi connectivity index (χ1n) is 7.69. The summed E-state index contributed by atoms with van der Waals surface area (Å²) in [6, 6.07) is 3.66. The lowest BCUT2D eigenvalue weighted by Crippen LogP contribution is -2.27. The number of rotatable bonds is 4. The van der Waals surface area contributed by atoms with Gasteiger partial charge in [0.15, 0.2) is 6.61 Å². The van der Waals surface area contributed by atoms with Gasteiger partial charge in [-0.3, -0.25) is 4.79 Å². The van der Waals surface area contributed by atoms with Gasteiger partial charge in [-0.1, -0.05) is 18.5 Å². The molecule has 5 heteroatoms. The summed E-state index contributed by atoms with van der Waals surface area (Å²) in [7, 11) is 0. The molecule has 1 aliphatic rings. The van der Waals surface area contributed by atoms with E-state index in [1.165, 1.54) is 6.42 Å². The van der Waals surface area contributed by atoms with Gasteiger partial charge in [0.1, 0.15) is 5.75 Å². The molecule has 1 unspecified atom stereocenters. The predicted octanol–water partition coefficient (Wildman–Crippen LogP) is 4.02. The lowest BCUT2D eigenvalue weighted by Gasteiger charge is -2.18. The van der Waals surface area contributed by atoms with Gasteiger partial charge in [-0.25, -0.2) is 5.43 Å². The van der Waals surface area contributed by atoms with E-state index >= 15 is 0 Å². The number of nitrogens with one attached hydrogen (secondary N) is 1. The molecule has 1 aromatic rings. The number of ether oxygens (including phenoxy) is 1. The maximum absolute atomic E-state index is 11.8. The zero-order chi connectivity index (χ0) is 16.1. The van der Waals surface area contributed by atoms with E-state index in [0.29, 0.717) is 11.7 Å². The first-order chi connectivity index (χ1) is 10.5. The SMILES string of the molecule is Cc1cc(OCC(=O)N/N=C2\CCCC(C)C2)cc(C)c1Cl. The second kappa shape index (κ2) is 7.63. The highest BCUT2D eigenvalue weighted by atomic mass is 35.5. The minimum Gasteiger partial charge on any atom is -0.484 e. The van der Waals surface area contributed by atoms with Crippen LogP contribution in [0.2, 0.25) is 5.02 Å². The Labute approximate surface area is 136 Å². The summed E-state index contributed by atoms with van der Waals surface area (Å²) in [5.74, 6) is 1.06. The van der Waals surface area contributed by atoms with Gasteiger partial charge < -0.3 is 4.74 Å². The number of carbonyl (C=O) groups excluding carboxylic acids is 1. The molecule has 1 aromatic carbocycles. The third-order valence-corrected chi connectivity index (χ3v) is 4.46. The summed E-state index contributed by atoms with van der Waals surface area (Å²) in [6.07, 6.45) is 4.33. The maximum Gasteiger partial charge on any atom is 0.277 e. The van der Waals surface area contributed by atoms with Crippen LogP contribution in [0.25, 0.3) is 0 Å². The number of nitrogens with zero attached hydrogens (tertiary/aromatic N) is 1. The molecular formula is C17H23ClN2O2. The Balaban J connectivity index is 1.84. The summed E-state index contributed by atoms with van der Waals surface area (Å²) in [6.45, 7) is 5.99. The van der Waals surface area contributed by atoms with Gasteiger partial charge in [-0.2, -0.15) is 5.10 Å². The first-order valence-corrected chi connectivity index (χ1v) is 8.07. The Morgan fingerprint density at radius 3 is 2.73 bits per heavy atom. The van der Waals surface area contributed by atoms with Crippen molar-refractivity contribution in [3.05, 3.63) is 28.3 Å². The van der Waals surface area contributed by atoms with Crippen LogP contribution in [0.3, 0.4) is 0 Å². The van der Waals surface area contributed by atoms with Crippen LogP contribution in [0.1, 0.15) is 43.7 Å². The first kappa shape index (κ1) is 16.8. The van der Waals surface area contributed by atoms with Crippen LogP contribution in [-0.4, -0.2) is 18.2 Å². The van der Waals surface area contributed by atoms with Gasteiger partial charge in [0.25, 0.3) is 5.91 Å². The molecule has 0 heterocycles. The van der Waals surface area contributed by atoms with Crippen molar-refractivity contribution in [3.8, 4) is 5.75 Å². The fraction of sp³-hybridized carbons (Fsp3) is 0.529. The summed E-state index contributed by atoms with van der Waals surface area (Å²) < 4.78 is 5.51.